The third-order valence-electron chi connectivity index (χ3n) is 2.70. The van der Waals surface area contributed by atoms with E-state index in [1.165, 1.54) is 0 Å². The molecule has 1 amide bonds. The van der Waals surface area contributed by atoms with Gasteiger partial charge in [0.2, 0.25) is 5.91 Å². The van der Waals surface area contributed by atoms with Crippen molar-refractivity contribution in [1.82, 2.24) is 10.6 Å². The second-order valence-electron chi connectivity index (χ2n) is 4.29. The topological polar surface area (TPSA) is 50.4 Å². The van der Waals surface area contributed by atoms with Crippen LogP contribution in [0.25, 0.3) is 0 Å². The summed E-state index contributed by atoms with van der Waals surface area (Å²) in [5.41, 5.74) is 0. The standard InChI is InChI=1S/C11H19F3N2O2/c12-11(13,14)4-7-16-10(17)3-8-18-9-1-5-15-6-2-9/h9,15H,1-8H2,(H,16,17). The highest BCUT2D eigenvalue weighted by molar-refractivity contribution is 5.75. The van der Waals surface area contributed by atoms with Crippen LogP contribution in [0.4, 0.5) is 13.2 Å². The molecule has 1 fully saturated rings. The van der Waals surface area contributed by atoms with Gasteiger partial charge >= 0.3 is 6.18 Å². The van der Waals surface area contributed by atoms with Crippen LogP contribution in [-0.2, 0) is 9.53 Å². The van der Waals surface area contributed by atoms with Gasteiger partial charge in [-0.3, -0.25) is 4.79 Å². The molecule has 2 N–H and O–H groups in total. The Kier molecular flexibility index (Phi) is 6.42. The van der Waals surface area contributed by atoms with Crippen LogP contribution >= 0.6 is 0 Å². The summed E-state index contributed by atoms with van der Waals surface area (Å²) in [6, 6.07) is 0. The molecule has 0 aromatic rings. The van der Waals surface area contributed by atoms with Gasteiger partial charge in [0, 0.05) is 13.0 Å². The molecule has 7 heteroatoms. The first kappa shape index (κ1) is 15.2. The molecule has 0 radical (unpaired) electrons. The number of halogens is 3. The van der Waals surface area contributed by atoms with Crippen LogP contribution in [0.5, 0.6) is 0 Å². The number of piperidine rings is 1. The summed E-state index contributed by atoms with van der Waals surface area (Å²) in [4.78, 5) is 11.2. The van der Waals surface area contributed by atoms with E-state index in [9.17, 15) is 18.0 Å². The maximum atomic E-state index is 11.8. The molecule has 0 saturated carbocycles. The van der Waals surface area contributed by atoms with E-state index in [0.717, 1.165) is 25.9 Å². The highest BCUT2D eigenvalue weighted by Crippen LogP contribution is 2.18. The predicted molar refractivity (Wildman–Crippen MR) is 60.1 cm³/mol. The van der Waals surface area contributed by atoms with Gasteiger partial charge in [-0.2, -0.15) is 13.2 Å². The summed E-state index contributed by atoms with van der Waals surface area (Å²) in [7, 11) is 0. The Morgan fingerprint density at radius 1 is 1.33 bits per heavy atom. The summed E-state index contributed by atoms with van der Waals surface area (Å²) < 4.78 is 40.9. The van der Waals surface area contributed by atoms with E-state index >= 15 is 0 Å². The number of carbonyl (C=O) groups is 1. The molecule has 1 aliphatic rings. The van der Waals surface area contributed by atoms with Crippen LogP contribution in [0, 0.1) is 0 Å². The van der Waals surface area contributed by atoms with Crippen molar-refractivity contribution in [1.29, 1.82) is 0 Å². The molecule has 0 atom stereocenters. The van der Waals surface area contributed by atoms with E-state index in [2.05, 4.69) is 10.6 Å². The molecular weight excluding hydrogens is 249 g/mol. The van der Waals surface area contributed by atoms with Crippen LogP contribution in [0.3, 0.4) is 0 Å². The third kappa shape index (κ3) is 7.50. The van der Waals surface area contributed by atoms with Crippen LogP contribution < -0.4 is 10.6 Å². The Bertz CT molecular complexity index is 253. The second kappa shape index (κ2) is 7.58. The number of alkyl halides is 3. The fourth-order valence-electron chi connectivity index (χ4n) is 1.71. The lowest BCUT2D eigenvalue weighted by molar-refractivity contribution is -0.135. The fraction of sp³-hybridized carbons (Fsp3) is 0.909. The molecule has 0 spiro atoms. The van der Waals surface area contributed by atoms with Gasteiger partial charge in [-0.05, 0) is 25.9 Å². The number of rotatable bonds is 6. The molecule has 18 heavy (non-hydrogen) atoms. The van der Waals surface area contributed by atoms with Gasteiger partial charge in [0.15, 0.2) is 0 Å². The lowest BCUT2D eigenvalue weighted by Crippen LogP contribution is -2.33. The lowest BCUT2D eigenvalue weighted by atomic mass is 10.1. The van der Waals surface area contributed by atoms with Gasteiger partial charge in [0.1, 0.15) is 0 Å². The van der Waals surface area contributed by atoms with Gasteiger partial charge in [0.25, 0.3) is 0 Å². The van der Waals surface area contributed by atoms with Crippen molar-refractivity contribution < 1.29 is 22.7 Å². The van der Waals surface area contributed by atoms with Crippen molar-refractivity contribution >= 4 is 5.91 Å². The summed E-state index contributed by atoms with van der Waals surface area (Å²) in [5.74, 6) is -0.395. The Morgan fingerprint density at radius 3 is 2.61 bits per heavy atom. The van der Waals surface area contributed by atoms with Crippen molar-refractivity contribution in [2.24, 2.45) is 0 Å². The average Bonchev–Trinajstić information content (AvgIpc) is 2.28. The second-order valence-corrected chi connectivity index (χ2v) is 4.29. The minimum Gasteiger partial charge on any atom is -0.378 e. The van der Waals surface area contributed by atoms with Crippen molar-refractivity contribution in [3.05, 3.63) is 0 Å². The molecule has 0 aliphatic carbocycles. The first-order valence-electron chi connectivity index (χ1n) is 6.13. The molecule has 0 unspecified atom stereocenters. The molecular formula is C11H19F3N2O2. The first-order valence-corrected chi connectivity index (χ1v) is 6.13. The number of amides is 1. The Labute approximate surface area is 104 Å². The molecule has 106 valence electrons. The largest absolute Gasteiger partial charge is 0.390 e. The number of hydrogen-bond acceptors (Lipinski definition) is 3. The van der Waals surface area contributed by atoms with Crippen molar-refractivity contribution in [3.63, 3.8) is 0 Å². The highest BCUT2D eigenvalue weighted by Gasteiger charge is 2.26. The number of hydrogen-bond donors (Lipinski definition) is 2. The highest BCUT2D eigenvalue weighted by atomic mass is 19.4. The van der Waals surface area contributed by atoms with E-state index in [0.29, 0.717) is 0 Å². The first-order chi connectivity index (χ1) is 8.47. The molecule has 1 aliphatic heterocycles. The van der Waals surface area contributed by atoms with Crippen molar-refractivity contribution in [2.45, 2.75) is 38.0 Å². The van der Waals surface area contributed by atoms with Gasteiger partial charge in [0.05, 0.1) is 19.1 Å². The maximum absolute atomic E-state index is 11.8. The van der Waals surface area contributed by atoms with Crippen LogP contribution in [0.1, 0.15) is 25.7 Å². The molecule has 4 nitrogen and oxygen atoms in total. The average molecular weight is 268 g/mol. The Morgan fingerprint density at radius 2 is 2.00 bits per heavy atom. The fourth-order valence-corrected chi connectivity index (χ4v) is 1.71. The third-order valence-corrected chi connectivity index (χ3v) is 2.70. The predicted octanol–water partition coefficient (Wildman–Crippen LogP) is 1.21. The molecule has 1 saturated heterocycles. The quantitative estimate of drug-likeness (QED) is 0.761. The zero-order chi connectivity index (χ0) is 13.4. The van der Waals surface area contributed by atoms with Crippen LogP contribution in [0.15, 0.2) is 0 Å². The SMILES string of the molecule is O=C(CCOC1CCNCC1)NCCC(F)(F)F. The summed E-state index contributed by atoms with van der Waals surface area (Å²) in [6.45, 7) is 1.71. The number of nitrogens with one attached hydrogen (secondary N) is 2. The van der Waals surface area contributed by atoms with Gasteiger partial charge in [-0.1, -0.05) is 0 Å². The molecule has 1 heterocycles. The van der Waals surface area contributed by atoms with Crippen molar-refractivity contribution in [2.75, 3.05) is 26.2 Å². The summed E-state index contributed by atoms with van der Waals surface area (Å²) in [5, 5.41) is 5.42. The van der Waals surface area contributed by atoms with E-state index < -0.39 is 18.5 Å². The summed E-state index contributed by atoms with van der Waals surface area (Å²) in [6.07, 6.45) is -3.12. The van der Waals surface area contributed by atoms with E-state index in [1.807, 2.05) is 0 Å². The lowest BCUT2D eigenvalue weighted by Gasteiger charge is -2.22. The zero-order valence-electron chi connectivity index (χ0n) is 10.2. The van der Waals surface area contributed by atoms with Gasteiger partial charge < -0.3 is 15.4 Å². The minimum absolute atomic E-state index is 0.113. The monoisotopic (exact) mass is 268 g/mol. The number of carbonyl (C=O) groups excluding carboxylic acids is 1. The van der Waals surface area contributed by atoms with E-state index in [1.54, 1.807) is 0 Å². The smallest absolute Gasteiger partial charge is 0.378 e. The van der Waals surface area contributed by atoms with Crippen molar-refractivity contribution in [3.8, 4) is 0 Å². The number of ether oxygens (including phenoxy) is 1. The maximum Gasteiger partial charge on any atom is 0.390 e. The van der Waals surface area contributed by atoms with Crippen LogP contribution in [0.2, 0.25) is 0 Å². The Hall–Kier alpha value is -0.820. The minimum atomic E-state index is -4.22. The molecule has 1 rings (SSSR count). The van der Waals surface area contributed by atoms with E-state index in [-0.39, 0.29) is 25.7 Å². The molecule has 0 aromatic carbocycles. The van der Waals surface area contributed by atoms with E-state index in [4.69, 9.17) is 4.74 Å². The Balaban J connectivity index is 1.99. The summed E-state index contributed by atoms with van der Waals surface area (Å²) >= 11 is 0. The van der Waals surface area contributed by atoms with Gasteiger partial charge in [-0.25, -0.2) is 0 Å². The van der Waals surface area contributed by atoms with Gasteiger partial charge in [-0.15, -0.1) is 0 Å². The molecule has 0 aromatic heterocycles. The van der Waals surface area contributed by atoms with Crippen LogP contribution in [-0.4, -0.2) is 44.4 Å². The zero-order valence-corrected chi connectivity index (χ0v) is 10.2. The normalized spacial score (nSPS) is 17.7. The molecule has 0 bridgehead atoms.